The number of carbonyl (C=O) groups excluding carboxylic acids is 1. The van der Waals surface area contributed by atoms with E-state index in [-0.39, 0.29) is 17.2 Å². The molecule has 5 nitrogen and oxygen atoms in total. The molecule has 4 saturated carbocycles. The molecule has 0 N–H and O–H groups in total. The van der Waals surface area contributed by atoms with Crippen LogP contribution in [0.4, 0.5) is 0 Å². The molecule has 2 heterocycles. The van der Waals surface area contributed by atoms with Gasteiger partial charge in [-0.05, 0) is 114 Å². The summed E-state index contributed by atoms with van der Waals surface area (Å²) < 4.78 is 13.6. The normalized spacial score (nSPS) is 51.8. The van der Waals surface area contributed by atoms with Crippen LogP contribution in [0.3, 0.4) is 0 Å². The minimum atomic E-state index is -0.00582. The summed E-state index contributed by atoms with van der Waals surface area (Å²) in [4.78, 5) is 16.8. The Balaban J connectivity index is 1.20. The lowest BCUT2D eigenvalue weighted by Crippen LogP contribution is -2.67. The summed E-state index contributed by atoms with van der Waals surface area (Å²) in [5, 5.41) is 0. The number of carbonyl (C=O) groups is 1. The number of nitrogens with zero attached hydrogens (tertiary/aromatic N) is 2. The van der Waals surface area contributed by atoms with Crippen LogP contribution in [0.25, 0.3) is 0 Å². The number of fused-ring (bicyclic) bond motifs is 5. The van der Waals surface area contributed by atoms with E-state index in [1.807, 2.05) is 11.9 Å². The second-order valence-electron chi connectivity index (χ2n) is 13.8. The zero-order valence-corrected chi connectivity index (χ0v) is 22.4. The van der Waals surface area contributed by atoms with E-state index < -0.39 is 0 Å². The first-order valence-corrected chi connectivity index (χ1v) is 14.4. The quantitative estimate of drug-likeness (QED) is 0.532. The summed E-state index contributed by atoms with van der Waals surface area (Å²) in [6, 6.07) is 0. The lowest BCUT2D eigenvalue weighted by Gasteiger charge is -2.67. The fourth-order valence-corrected chi connectivity index (χ4v) is 10.5. The van der Waals surface area contributed by atoms with E-state index in [9.17, 15) is 4.79 Å². The highest BCUT2D eigenvalue weighted by atomic mass is 16.5. The Morgan fingerprint density at radius 3 is 2.62 bits per heavy atom. The minimum absolute atomic E-state index is 0.00582. The highest BCUT2D eigenvalue weighted by molar-refractivity contribution is 5.79. The van der Waals surface area contributed by atoms with E-state index in [2.05, 4.69) is 32.8 Å². The molecule has 6 aliphatic rings. The van der Waals surface area contributed by atoms with Gasteiger partial charge in [0.25, 0.3) is 0 Å². The molecule has 2 bridgehead atoms. The van der Waals surface area contributed by atoms with Crippen LogP contribution in [0.1, 0.15) is 84.5 Å². The fourth-order valence-electron chi connectivity index (χ4n) is 10.5. The molecule has 2 saturated heterocycles. The smallest absolute Gasteiger partial charge is 0.224 e. The highest BCUT2D eigenvalue weighted by Crippen LogP contribution is 2.74. The van der Waals surface area contributed by atoms with Crippen LogP contribution in [-0.4, -0.2) is 67.9 Å². The molecule has 0 spiro atoms. The maximum Gasteiger partial charge on any atom is 0.224 e. The SMILES string of the molecule is CN(C)CCCOC1CCC2(C)C(CCC3C2CCC2(C)C4CCC32OC2C4CC(=O)N2C)C1. The molecule has 0 radical (unpaired) electrons. The third-order valence-corrected chi connectivity index (χ3v) is 12.3. The summed E-state index contributed by atoms with van der Waals surface area (Å²) in [6.07, 6.45) is 14.0. The summed E-state index contributed by atoms with van der Waals surface area (Å²) >= 11 is 0. The van der Waals surface area contributed by atoms with Crippen LogP contribution < -0.4 is 0 Å². The van der Waals surface area contributed by atoms with Gasteiger partial charge in [-0.3, -0.25) is 4.79 Å². The number of hydrogen-bond donors (Lipinski definition) is 0. The van der Waals surface area contributed by atoms with Crippen LogP contribution >= 0.6 is 0 Å². The molecule has 192 valence electrons. The molecule has 4 aliphatic carbocycles. The van der Waals surface area contributed by atoms with Gasteiger partial charge < -0.3 is 19.3 Å². The number of rotatable bonds is 5. The third-order valence-electron chi connectivity index (χ3n) is 12.3. The van der Waals surface area contributed by atoms with Crippen molar-refractivity contribution in [3.05, 3.63) is 0 Å². The van der Waals surface area contributed by atoms with Crippen LogP contribution in [-0.2, 0) is 14.3 Å². The average Bonchev–Trinajstić information content (AvgIpc) is 3.17. The minimum Gasteiger partial charge on any atom is -0.378 e. The van der Waals surface area contributed by atoms with Gasteiger partial charge in [-0.25, -0.2) is 0 Å². The lowest BCUT2D eigenvalue weighted by atomic mass is 9.42. The van der Waals surface area contributed by atoms with E-state index in [4.69, 9.17) is 9.47 Å². The van der Waals surface area contributed by atoms with Crippen molar-refractivity contribution in [3.8, 4) is 0 Å². The molecule has 5 heteroatoms. The van der Waals surface area contributed by atoms with Gasteiger partial charge in [0.2, 0.25) is 5.91 Å². The van der Waals surface area contributed by atoms with Gasteiger partial charge in [0.1, 0.15) is 6.23 Å². The third kappa shape index (κ3) is 3.18. The Morgan fingerprint density at radius 2 is 1.82 bits per heavy atom. The number of ether oxygens (including phenoxy) is 2. The van der Waals surface area contributed by atoms with Crippen molar-refractivity contribution >= 4 is 5.91 Å². The Morgan fingerprint density at radius 1 is 1.03 bits per heavy atom. The van der Waals surface area contributed by atoms with E-state index in [0.29, 0.717) is 41.6 Å². The maximum absolute atomic E-state index is 12.6. The Hall–Kier alpha value is -0.650. The molecule has 1 amide bonds. The van der Waals surface area contributed by atoms with Crippen molar-refractivity contribution in [2.24, 2.45) is 40.4 Å². The molecular weight excluding hydrogens is 424 g/mol. The van der Waals surface area contributed by atoms with Crippen molar-refractivity contribution in [1.29, 1.82) is 0 Å². The topological polar surface area (TPSA) is 42.0 Å². The van der Waals surface area contributed by atoms with Gasteiger partial charge in [0.05, 0.1) is 11.7 Å². The van der Waals surface area contributed by atoms with Crippen LogP contribution in [0.15, 0.2) is 0 Å². The predicted molar refractivity (Wildman–Crippen MR) is 133 cm³/mol. The van der Waals surface area contributed by atoms with E-state index >= 15 is 0 Å². The Bertz CT molecular complexity index is 817. The molecule has 34 heavy (non-hydrogen) atoms. The standard InChI is InChI=1S/C29H48N2O3/c1-27-12-9-20(33-16-6-15-30(3)4)17-19(27)7-8-24-23(27)10-13-28(2)22-11-14-29(24,28)34-26-21(22)18-25(32)31(26)5/h19-24,26H,6-18H2,1-5H3. The molecule has 6 rings (SSSR count). The van der Waals surface area contributed by atoms with Crippen molar-refractivity contribution in [2.75, 3.05) is 34.3 Å². The van der Waals surface area contributed by atoms with Crippen LogP contribution in [0, 0.1) is 40.4 Å². The largest absolute Gasteiger partial charge is 0.378 e. The molecular formula is C29H48N2O3. The molecule has 10 unspecified atom stereocenters. The second kappa shape index (κ2) is 8.18. The summed E-state index contributed by atoms with van der Waals surface area (Å²) in [7, 11) is 6.28. The van der Waals surface area contributed by atoms with Crippen LogP contribution in [0.2, 0.25) is 0 Å². The van der Waals surface area contributed by atoms with E-state index in [1.165, 1.54) is 57.8 Å². The molecule has 0 aromatic carbocycles. The zero-order chi connectivity index (χ0) is 23.9. The van der Waals surface area contributed by atoms with Crippen molar-refractivity contribution in [2.45, 2.75) is 102 Å². The molecule has 6 fully saturated rings. The monoisotopic (exact) mass is 472 g/mol. The van der Waals surface area contributed by atoms with Crippen LogP contribution in [0.5, 0.6) is 0 Å². The lowest BCUT2D eigenvalue weighted by molar-refractivity contribution is -0.301. The van der Waals surface area contributed by atoms with Gasteiger partial charge in [-0.2, -0.15) is 0 Å². The van der Waals surface area contributed by atoms with E-state index in [0.717, 1.165) is 31.4 Å². The molecule has 0 aromatic heterocycles. The highest BCUT2D eigenvalue weighted by Gasteiger charge is 2.73. The number of likely N-dealkylation sites (tertiary alicyclic amines) is 1. The summed E-state index contributed by atoms with van der Waals surface area (Å²) in [5.41, 5.74) is 0.684. The van der Waals surface area contributed by atoms with Crippen molar-refractivity contribution in [1.82, 2.24) is 9.80 Å². The number of hydrogen-bond acceptors (Lipinski definition) is 4. The first-order chi connectivity index (χ1) is 16.2. The Labute approximate surface area is 207 Å². The predicted octanol–water partition coefficient (Wildman–Crippen LogP) is 4.94. The fraction of sp³-hybridized carbons (Fsp3) is 0.966. The average molecular weight is 473 g/mol. The van der Waals surface area contributed by atoms with Gasteiger partial charge in [0, 0.05) is 31.4 Å². The second-order valence-corrected chi connectivity index (χ2v) is 13.8. The maximum atomic E-state index is 12.6. The van der Waals surface area contributed by atoms with Gasteiger partial charge in [-0.15, -0.1) is 0 Å². The van der Waals surface area contributed by atoms with Gasteiger partial charge >= 0.3 is 0 Å². The first kappa shape index (κ1) is 23.7. The van der Waals surface area contributed by atoms with Crippen molar-refractivity contribution in [3.63, 3.8) is 0 Å². The van der Waals surface area contributed by atoms with Gasteiger partial charge in [0.15, 0.2) is 0 Å². The van der Waals surface area contributed by atoms with Gasteiger partial charge in [-0.1, -0.05) is 13.8 Å². The number of amides is 1. The zero-order valence-electron chi connectivity index (χ0n) is 22.4. The Kier molecular flexibility index (Phi) is 5.71. The van der Waals surface area contributed by atoms with E-state index in [1.54, 1.807) is 0 Å². The molecule has 0 aromatic rings. The van der Waals surface area contributed by atoms with Crippen molar-refractivity contribution < 1.29 is 14.3 Å². The first-order valence-electron chi connectivity index (χ1n) is 14.4. The molecule has 2 aliphatic heterocycles. The molecule has 10 atom stereocenters. The summed E-state index contributed by atoms with van der Waals surface area (Å²) in [5.74, 6) is 3.62. The summed E-state index contributed by atoms with van der Waals surface area (Å²) in [6.45, 7) is 7.22.